The van der Waals surface area contributed by atoms with Gasteiger partial charge >= 0.3 is 5.97 Å². The van der Waals surface area contributed by atoms with Crippen LogP contribution in [0.25, 0.3) is 10.9 Å². The number of aryl methyl sites for hydroxylation is 1. The van der Waals surface area contributed by atoms with Gasteiger partial charge in [0, 0.05) is 58.1 Å². The third-order valence-corrected chi connectivity index (χ3v) is 6.47. The van der Waals surface area contributed by atoms with Crippen molar-refractivity contribution in [3.63, 3.8) is 0 Å². The van der Waals surface area contributed by atoms with Gasteiger partial charge in [0.05, 0.1) is 11.1 Å². The second-order valence-electron chi connectivity index (χ2n) is 7.68. The maximum absolute atomic E-state index is 13.3. The molecule has 1 saturated heterocycles. The number of rotatable bonds is 1. The number of piperidine rings is 1. The number of esters is 1. The van der Waals surface area contributed by atoms with E-state index in [-0.39, 0.29) is 11.9 Å². The van der Waals surface area contributed by atoms with Crippen molar-refractivity contribution >= 4 is 46.0 Å². The summed E-state index contributed by atoms with van der Waals surface area (Å²) in [5.41, 5.74) is 3.03. The van der Waals surface area contributed by atoms with Crippen molar-refractivity contribution in [2.45, 2.75) is 25.4 Å². The number of nitrogens with zero attached hydrogens (tertiary/aromatic N) is 1. The molecule has 3 aromatic rings. The molecule has 0 radical (unpaired) electrons. The van der Waals surface area contributed by atoms with E-state index >= 15 is 0 Å². The van der Waals surface area contributed by atoms with Gasteiger partial charge in [-0.25, -0.2) is 4.79 Å². The second kappa shape index (κ2) is 6.51. The molecule has 29 heavy (non-hydrogen) atoms. The first-order valence-corrected chi connectivity index (χ1v) is 10.2. The number of H-pyrrole nitrogens is 1. The molecule has 1 fully saturated rings. The van der Waals surface area contributed by atoms with Gasteiger partial charge in [0.2, 0.25) is 0 Å². The minimum Gasteiger partial charge on any atom is -0.450 e. The number of hydrogen-bond donors (Lipinski definition) is 1. The highest BCUT2D eigenvalue weighted by atomic mass is 35.5. The Labute approximate surface area is 177 Å². The maximum Gasteiger partial charge on any atom is 0.339 e. The fourth-order valence-electron chi connectivity index (χ4n) is 4.54. The first kappa shape index (κ1) is 18.5. The molecule has 0 aliphatic carbocycles. The van der Waals surface area contributed by atoms with Crippen molar-refractivity contribution in [2.75, 3.05) is 13.1 Å². The molecule has 1 spiro atoms. The zero-order chi connectivity index (χ0) is 20.3. The molecule has 0 saturated carbocycles. The topological polar surface area (TPSA) is 62.4 Å². The number of nitrogens with one attached hydrogen (secondary N) is 1. The smallest absolute Gasteiger partial charge is 0.339 e. The van der Waals surface area contributed by atoms with Gasteiger partial charge in [0.25, 0.3) is 5.91 Å². The molecular weight excluding hydrogens is 411 g/mol. The highest BCUT2D eigenvalue weighted by Crippen LogP contribution is 2.45. The Morgan fingerprint density at radius 3 is 2.55 bits per heavy atom. The van der Waals surface area contributed by atoms with Crippen LogP contribution < -0.4 is 0 Å². The number of fused-ring (bicyclic) bond motifs is 3. The van der Waals surface area contributed by atoms with Gasteiger partial charge < -0.3 is 14.6 Å². The molecular formula is C22H18Cl2N2O3. The number of carbonyl (C=O) groups excluding carboxylic acids is 2. The molecule has 7 heteroatoms. The number of carbonyl (C=O) groups is 2. The average Bonchev–Trinajstić information content (AvgIpc) is 3.15. The van der Waals surface area contributed by atoms with Crippen LogP contribution in [-0.4, -0.2) is 34.8 Å². The average molecular weight is 429 g/mol. The summed E-state index contributed by atoms with van der Waals surface area (Å²) in [7, 11) is 0. The van der Waals surface area contributed by atoms with Gasteiger partial charge in [-0.2, -0.15) is 0 Å². The first-order chi connectivity index (χ1) is 13.9. The van der Waals surface area contributed by atoms with E-state index in [1.807, 2.05) is 30.0 Å². The van der Waals surface area contributed by atoms with E-state index in [1.54, 1.807) is 18.2 Å². The van der Waals surface area contributed by atoms with Crippen molar-refractivity contribution in [3.8, 4) is 0 Å². The van der Waals surface area contributed by atoms with Gasteiger partial charge in [-0.1, -0.05) is 29.3 Å². The Bertz CT molecular complexity index is 1180. The summed E-state index contributed by atoms with van der Waals surface area (Å²) in [6.45, 7) is 2.89. The summed E-state index contributed by atoms with van der Waals surface area (Å²) in [5.74, 6) is -0.345. The number of halogens is 2. The Kier molecular flexibility index (Phi) is 4.16. The number of hydrogen-bond acceptors (Lipinski definition) is 3. The molecule has 3 heterocycles. The minimum atomic E-state index is -0.698. The number of likely N-dealkylation sites (tertiary alicyclic amines) is 1. The van der Waals surface area contributed by atoms with E-state index in [2.05, 4.69) is 4.98 Å². The Balaban J connectivity index is 1.42. The Morgan fingerprint density at radius 1 is 1.10 bits per heavy atom. The molecule has 5 nitrogen and oxygen atoms in total. The lowest BCUT2D eigenvalue weighted by atomic mass is 9.83. The van der Waals surface area contributed by atoms with Crippen molar-refractivity contribution in [1.29, 1.82) is 0 Å². The largest absolute Gasteiger partial charge is 0.450 e. The number of ether oxygens (including phenoxy) is 1. The van der Waals surface area contributed by atoms with Gasteiger partial charge in [-0.3, -0.25) is 4.79 Å². The number of benzene rings is 2. The molecule has 0 bridgehead atoms. The van der Waals surface area contributed by atoms with E-state index < -0.39 is 5.60 Å². The SMILES string of the molecule is Cc1[nH]c2cc(Cl)ccc2c1C(=O)N1CCC2(CC1)OC(=O)c1ccc(Cl)cc12. The van der Waals surface area contributed by atoms with Crippen molar-refractivity contribution < 1.29 is 14.3 Å². The van der Waals surface area contributed by atoms with Crippen LogP contribution in [0.2, 0.25) is 10.0 Å². The van der Waals surface area contributed by atoms with Crippen LogP contribution in [-0.2, 0) is 10.3 Å². The summed E-state index contributed by atoms with van der Waals surface area (Å²) in [6, 6.07) is 10.7. The molecule has 5 rings (SSSR count). The van der Waals surface area contributed by atoms with E-state index in [1.165, 1.54) is 0 Å². The lowest BCUT2D eigenvalue weighted by Gasteiger charge is -2.38. The molecule has 0 unspecified atom stereocenters. The molecule has 2 aromatic carbocycles. The molecule has 2 aliphatic heterocycles. The molecule has 1 amide bonds. The van der Waals surface area contributed by atoms with Gasteiger partial charge in [-0.15, -0.1) is 0 Å². The van der Waals surface area contributed by atoms with E-state index in [9.17, 15) is 9.59 Å². The number of amides is 1. The minimum absolute atomic E-state index is 0.0263. The lowest BCUT2D eigenvalue weighted by molar-refractivity contribution is -0.0389. The zero-order valence-electron chi connectivity index (χ0n) is 15.7. The van der Waals surface area contributed by atoms with Crippen molar-refractivity contribution in [2.24, 2.45) is 0 Å². The van der Waals surface area contributed by atoms with Crippen LogP contribution in [0.3, 0.4) is 0 Å². The Morgan fingerprint density at radius 2 is 1.79 bits per heavy atom. The highest BCUT2D eigenvalue weighted by molar-refractivity contribution is 6.31. The summed E-state index contributed by atoms with van der Waals surface area (Å²) in [4.78, 5) is 30.7. The third-order valence-electron chi connectivity index (χ3n) is 6.00. The zero-order valence-corrected chi connectivity index (χ0v) is 17.2. The summed E-state index contributed by atoms with van der Waals surface area (Å²) < 4.78 is 5.78. The first-order valence-electron chi connectivity index (χ1n) is 9.48. The molecule has 148 valence electrons. The van der Waals surface area contributed by atoms with Crippen molar-refractivity contribution in [3.05, 3.63) is 68.8 Å². The normalized spacial score (nSPS) is 17.6. The van der Waals surface area contributed by atoms with Crippen LogP contribution in [0.1, 0.15) is 44.8 Å². The quantitative estimate of drug-likeness (QED) is 0.549. The predicted octanol–water partition coefficient (Wildman–Crippen LogP) is 5.09. The fraction of sp³-hybridized carbons (Fsp3) is 0.273. The second-order valence-corrected chi connectivity index (χ2v) is 8.55. The van der Waals surface area contributed by atoms with Crippen molar-refractivity contribution in [1.82, 2.24) is 9.88 Å². The molecule has 1 aromatic heterocycles. The van der Waals surface area contributed by atoms with Crippen LogP contribution in [0, 0.1) is 6.92 Å². The predicted molar refractivity (Wildman–Crippen MR) is 112 cm³/mol. The van der Waals surface area contributed by atoms with Crippen LogP contribution in [0.15, 0.2) is 36.4 Å². The van der Waals surface area contributed by atoms with Crippen LogP contribution in [0.5, 0.6) is 0 Å². The third kappa shape index (κ3) is 2.83. The summed E-state index contributed by atoms with van der Waals surface area (Å²) in [5, 5.41) is 2.06. The van der Waals surface area contributed by atoms with E-state index in [0.717, 1.165) is 22.2 Å². The number of aromatic nitrogens is 1. The number of aromatic amines is 1. The van der Waals surface area contributed by atoms with Crippen LogP contribution in [0.4, 0.5) is 0 Å². The van der Waals surface area contributed by atoms with Gasteiger partial charge in [-0.05, 0) is 37.3 Å². The van der Waals surface area contributed by atoms with Crippen LogP contribution >= 0.6 is 23.2 Å². The van der Waals surface area contributed by atoms with Gasteiger partial charge in [0.15, 0.2) is 0 Å². The van der Waals surface area contributed by atoms with E-state index in [0.29, 0.717) is 47.1 Å². The molecule has 2 aliphatic rings. The highest BCUT2D eigenvalue weighted by Gasteiger charge is 2.48. The summed E-state index contributed by atoms with van der Waals surface area (Å²) >= 11 is 12.2. The fourth-order valence-corrected chi connectivity index (χ4v) is 4.88. The Hall–Kier alpha value is -2.50. The lowest BCUT2D eigenvalue weighted by Crippen LogP contribution is -2.45. The van der Waals surface area contributed by atoms with E-state index in [4.69, 9.17) is 27.9 Å². The summed E-state index contributed by atoms with van der Waals surface area (Å²) in [6.07, 6.45) is 1.09. The molecule has 1 N–H and O–H groups in total. The van der Waals surface area contributed by atoms with Gasteiger partial charge in [0.1, 0.15) is 5.60 Å². The standard InChI is InChI=1S/C22H18Cl2N2O3/c1-12-19(16-5-3-14(24)11-18(16)25-12)20(27)26-8-6-22(7-9-26)17-10-13(23)2-4-15(17)21(28)29-22/h2-5,10-11,25H,6-9H2,1H3. The molecule has 0 atom stereocenters. The maximum atomic E-state index is 13.3. The monoisotopic (exact) mass is 428 g/mol.